The Morgan fingerprint density at radius 3 is 2.68 bits per heavy atom. The van der Waals surface area contributed by atoms with Crippen LogP contribution in [0.1, 0.15) is 0 Å². The molecule has 28 heavy (non-hydrogen) atoms. The van der Waals surface area contributed by atoms with Crippen molar-refractivity contribution in [2.45, 2.75) is 0 Å². The van der Waals surface area contributed by atoms with Crippen LogP contribution in [-0.4, -0.2) is 31.8 Å². The van der Waals surface area contributed by atoms with Crippen molar-refractivity contribution in [3.05, 3.63) is 60.4 Å². The Morgan fingerprint density at radius 2 is 1.89 bits per heavy atom. The maximum atomic E-state index is 12.4. The number of nitrogens with one attached hydrogen (secondary N) is 2. The van der Waals surface area contributed by atoms with Crippen LogP contribution in [-0.2, 0) is 0 Å². The van der Waals surface area contributed by atoms with Crippen LogP contribution in [0.15, 0.2) is 60.4 Å². The summed E-state index contributed by atoms with van der Waals surface area (Å²) in [6, 6.07) is 9.86. The van der Waals surface area contributed by atoms with Crippen LogP contribution in [0.5, 0.6) is 11.5 Å². The van der Waals surface area contributed by atoms with Crippen molar-refractivity contribution in [1.29, 1.82) is 0 Å². The SMILES string of the molecule is O=C(O)Nc1cc(Oc2ccc3c(ccn3C(=O)Nc3nccs3)c2)ccn1. The highest BCUT2D eigenvalue weighted by molar-refractivity contribution is 7.13. The number of hydrogen-bond acceptors (Lipinski definition) is 6. The van der Waals surface area contributed by atoms with E-state index in [-0.39, 0.29) is 11.8 Å². The minimum Gasteiger partial charge on any atom is -0.465 e. The minimum absolute atomic E-state index is 0.163. The van der Waals surface area contributed by atoms with Crippen molar-refractivity contribution >= 4 is 45.3 Å². The van der Waals surface area contributed by atoms with E-state index in [9.17, 15) is 9.59 Å². The Bertz CT molecular complexity index is 1160. The molecule has 4 rings (SSSR count). The topological polar surface area (TPSA) is 118 Å². The molecule has 2 amide bonds. The van der Waals surface area contributed by atoms with Gasteiger partial charge in [0, 0.05) is 35.4 Å². The number of fused-ring (bicyclic) bond motifs is 1. The quantitative estimate of drug-likeness (QED) is 0.470. The van der Waals surface area contributed by atoms with Gasteiger partial charge in [-0.15, -0.1) is 11.3 Å². The Labute approximate surface area is 162 Å². The van der Waals surface area contributed by atoms with E-state index in [0.717, 1.165) is 5.39 Å². The lowest BCUT2D eigenvalue weighted by atomic mass is 10.2. The van der Waals surface area contributed by atoms with E-state index < -0.39 is 6.09 Å². The molecule has 0 saturated heterocycles. The molecule has 4 aromatic rings. The fraction of sp³-hybridized carbons (Fsp3) is 0. The lowest BCUT2D eigenvalue weighted by Crippen LogP contribution is -2.18. The third-order valence-electron chi connectivity index (χ3n) is 3.73. The van der Waals surface area contributed by atoms with Gasteiger partial charge in [0.2, 0.25) is 0 Å². The van der Waals surface area contributed by atoms with E-state index in [1.165, 1.54) is 28.2 Å². The van der Waals surface area contributed by atoms with Gasteiger partial charge in [-0.05, 0) is 30.3 Å². The fourth-order valence-corrected chi connectivity index (χ4v) is 3.11. The third-order valence-corrected chi connectivity index (χ3v) is 4.42. The molecule has 0 unspecified atom stereocenters. The zero-order chi connectivity index (χ0) is 19.5. The van der Waals surface area contributed by atoms with Crippen LogP contribution in [0.3, 0.4) is 0 Å². The van der Waals surface area contributed by atoms with Gasteiger partial charge in [-0.1, -0.05) is 0 Å². The van der Waals surface area contributed by atoms with Gasteiger partial charge in [-0.3, -0.25) is 15.2 Å². The summed E-state index contributed by atoms with van der Waals surface area (Å²) in [5.74, 6) is 1.13. The number of aromatic nitrogens is 3. The molecule has 0 atom stereocenters. The molecule has 0 spiro atoms. The van der Waals surface area contributed by atoms with Crippen molar-refractivity contribution in [3.63, 3.8) is 0 Å². The number of ether oxygens (including phenoxy) is 1. The zero-order valence-corrected chi connectivity index (χ0v) is 15.0. The van der Waals surface area contributed by atoms with Gasteiger partial charge < -0.3 is 9.84 Å². The number of pyridine rings is 1. The number of hydrogen-bond donors (Lipinski definition) is 3. The van der Waals surface area contributed by atoms with Crippen molar-refractivity contribution in [2.24, 2.45) is 0 Å². The molecule has 140 valence electrons. The molecule has 1 aromatic carbocycles. The van der Waals surface area contributed by atoms with Crippen LogP contribution in [0.4, 0.5) is 20.5 Å². The van der Waals surface area contributed by atoms with Crippen LogP contribution >= 0.6 is 11.3 Å². The smallest absolute Gasteiger partial charge is 0.410 e. The highest BCUT2D eigenvalue weighted by Gasteiger charge is 2.11. The van der Waals surface area contributed by atoms with Crippen molar-refractivity contribution in [2.75, 3.05) is 10.6 Å². The Balaban J connectivity index is 1.54. The van der Waals surface area contributed by atoms with Crippen molar-refractivity contribution in [3.8, 4) is 11.5 Å². The first-order valence-corrected chi connectivity index (χ1v) is 8.92. The molecular weight excluding hydrogens is 382 g/mol. The van der Waals surface area contributed by atoms with E-state index in [1.54, 1.807) is 48.1 Å². The molecule has 0 aliphatic heterocycles. The molecular formula is C18H13N5O4S. The molecule has 3 N–H and O–H groups in total. The second-order valence-corrected chi connectivity index (χ2v) is 6.48. The first-order chi connectivity index (χ1) is 13.6. The predicted octanol–water partition coefficient (Wildman–Crippen LogP) is 4.46. The number of carboxylic acid groups (broad SMARTS) is 1. The minimum atomic E-state index is -1.21. The predicted molar refractivity (Wildman–Crippen MR) is 104 cm³/mol. The molecule has 3 heterocycles. The Morgan fingerprint density at radius 1 is 1.04 bits per heavy atom. The van der Waals surface area contributed by atoms with Gasteiger partial charge in [0.25, 0.3) is 0 Å². The molecule has 0 aliphatic rings. The molecule has 10 heteroatoms. The number of nitrogens with zero attached hydrogens (tertiary/aromatic N) is 3. The van der Waals surface area contributed by atoms with Gasteiger partial charge in [0.05, 0.1) is 5.52 Å². The average molecular weight is 395 g/mol. The number of thiazole rings is 1. The second kappa shape index (κ2) is 7.37. The van der Waals surface area contributed by atoms with Crippen molar-refractivity contribution < 1.29 is 19.4 Å². The molecule has 0 fully saturated rings. The molecule has 3 aromatic heterocycles. The van der Waals surface area contributed by atoms with Crippen LogP contribution in [0.2, 0.25) is 0 Å². The van der Waals surface area contributed by atoms with Gasteiger partial charge >= 0.3 is 12.1 Å². The first-order valence-electron chi connectivity index (χ1n) is 8.04. The van der Waals surface area contributed by atoms with E-state index in [2.05, 4.69) is 20.6 Å². The molecule has 0 aliphatic carbocycles. The summed E-state index contributed by atoms with van der Waals surface area (Å²) in [7, 11) is 0. The van der Waals surface area contributed by atoms with E-state index in [0.29, 0.717) is 22.1 Å². The van der Waals surface area contributed by atoms with Gasteiger partial charge in [0.15, 0.2) is 5.13 Å². The summed E-state index contributed by atoms with van der Waals surface area (Å²) in [6.45, 7) is 0. The normalized spacial score (nSPS) is 10.6. The lowest BCUT2D eigenvalue weighted by Gasteiger charge is -2.08. The Kier molecular flexibility index (Phi) is 4.60. The van der Waals surface area contributed by atoms with E-state index in [1.807, 2.05) is 0 Å². The summed E-state index contributed by atoms with van der Waals surface area (Å²) in [4.78, 5) is 31.1. The summed E-state index contributed by atoms with van der Waals surface area (Å²) >= 11 is 1.34. The number of amides is 2. The zero-order valence-electron chi connectivity index (χ0n) is 14.2. The largest absolute Gasteiger partial charge is 0.465 e. The maximum Gasteiger partial charge on any atom is 0.410 e. The maximum absolute atomic E-state index is 12.4. The van der Waals surface area contributed by atoms with E-state index in [4.69, 9.17) is 9.84 Å². The summed E-state index contributed by atoms with van der Waals surface area (Å²) < 4.78 is 7.26. The second-order valence-electron chi connectivity index (χ2n) is 5.58. The fourth-order valence-electron chi connectivity index (χ4n) is 2.59. The third kappa shape index (κ3) is 3.76. The number of benzene rings is 1. The monoisotopic (exact) mass is 395 g/mol. The van der Waals surface area contributed by atoms with Crippen molar-refractivity contribution in [1.82, 2.24) is 14.5 Å². The highest BCUT2D eigenvalue weighted by Crippen LogP contribution is 2.27. The summed E-state index contributed by atoms with van der Waals surface area (Å²) in [5.41, 5.74) is 0.712. The molecule has 0 radical (unpaired) electrons. The van der Waals surface area contributed by atoms with Crippen LogP contribution < -0.4 is 15.4 Å². The lowest BCUT2D eigenvalue weighted by molar-refractivity contribution is 0.209. The van der Waals surface area contributed by atoms with Gasteiger partial charge in [0.1, 0.15) is 17.3 Å². The van der Waals surface area contributed by atoms with Gasteiger partial charge in [-0.25, -0.2) is 19.6 Å². The van der Waals surface area contributed by atoms with Crippen LogP contribution in [0, 0.1) is 0 Å². The Hall–Kier alpha value is -3.92. The number of carbonyl (C=O) groups excluding carboxylic acids is 1. The molecule has 0 bridgehead atoms. The standard InChI is InChI=1S/C18H13N5O4S/c24-17(22-16-20-6-8-28-16)23-7-4-11-9-12(1-2-14(11)23)27-13-3-5-19-15(10-13)21-18(25)26/h1-10H,(H,19,21)(H,25,26)(H,20,22,24). The molecule has 0 saturated carbocycles. The van der Waals surface area contributed by atoms with E-state index >= 15 is 0 Å². The number of carbonyl (C=O) groups is 2. The number of rotatable bonds is 4. The van der Waals surface area contributed by atoms with Gasteiger partial charge in [-0.2, -0.15) is 0 Å². The highest BCUT2D eigenvalue weighted by atomic mass is 32.1. The average Bonchev–Trinajstić information content (AvgIpc) is 3.30. The summed E-state index contributed by atoms with van der Waals surface area (Å²) in [6.07, 6.45) is 3.52. The molecule has 9 nitrogen and oxygen atoms in total. The van der Waals surface area contributed by atoms with Crippen LogP contribution in [0.25, 0.3) is 10.9 Å². The first kappa shape index (κ1) is 17.5. The number of anilines is 2. The summed E-state index contributed by atoms with van der Waals surface area (Å²) in [5, 5.41) is 16.8.